The van der Waals surface area contributed by atoms with Crippen molar-refractivity contribution in [3.05, 3.63) is 52.5 Å². The summed E-state index contributed by atoms with van der Waals surface area (Å²) >= 11 is 6.01. The van der Waals surface area contributed by atoms with Crippen LogP contribution in [0.15, 0.2) is 36.4 Å². The van der Waals surface area contributed by atoms with Gasteiger partial charge in [0.25, 0.3) is 5.91 Å². The minimum absolute atomic E-state index is 0.0144. The van der Waals surface area contributed by atoms with Crippen molar-refractivity contribution in [3.63, 3.8) is 0 Å². The summed E-state index contributed by atoms with van der Waals surface area (Å²) < 4.78 is 16.7. The van der Waals surface area contributed by atoms with Crippen LogP contribution in [0.3, 0.4) is 0 Å². The maximum atomic E-state index is 12.5. The van der Waals surface area contributed by atoms with E-state index in [4.69, 9.17) is 25.8 Å². The van der Waals surface area contributed by atoms with Crippen LogP contribution < -0.4 is 14.2 Å². The second-order valence-electron chi connectivity index (χ2n) is 6.09. The van der Waals surface area contributed by atoms with Crippen molar-refractivity contribution in [1.82, 2.24) is 4.90 Å². The Bertz CT molecular complexity index is 793. The molecule has 0 unspecified atom stereocenters. The topological polar surface area (TPSA) is 48.0 Å². The number of fused-ring (bicyclic) bond motifs is 1. The zero-order chi connectivity index (χ0) is 18.5. The highest BCUT2D eigenvalue weighted by Crippen LogP contribution is 2.31. The van der Waals surface area contributed by atoms with E-state index < -0.39 is 0 Å². The molecule has 2 aromatic carbocycles. The van der Waals surface area contributed by atoms with Crippen LogP contribution in [-0.4, -0.2) is 37.2 Å². The lowest BCUT2D eigenvalue weighted by atomic mass is 10.1. The van der Waals surface area contributed by atoms with Crippen molar-refractivity contribution in [1.29, 1.82) is 0 Å². The Kier molecular flexibility index (Phi) is 5.89. The van der Waals surface area contributed by atoms with Crippen molar-refractivity contribution in [2.45, 2.75) is 20.4 Å². The molecular formula is C20H22ClNO4. The largest absolute Gasteiger partial charge is 0.486 e. The zero-order valence-corrected chi connectivity index (χ0v) is 15.7. The molecule has 1 aliphatic heterocycles. The number of likely N-dealkylation sites (N-methyl/N-ethyl adjacent to an activating group) is 1. The molecule has 0 aliphatic carbocycles. The van der Waals surface area contributed by atoms with E-state index in [1.54, 1.807) is 17.0 Å². The van der Waals surface area contributed by atoms with E-state index in [9.17, 15) is 4.79 Å². The summed E-state index contributed by atoms with van der Waals surface area (Å²) in [5.74, 6) is 2.03. The van der Waals surface area contributed by atoms with Gasteiger partial charge in [-0.25, -0.2) is 0 Å². The van der Waals surface area contributed by atoms with E-state index in [1.165, 1.54) is 0 Å². The number of hydrogen-bond donors (Lipinski definition) is 0. The van der Waals surface area contributed by atoms with Gasteiger partial charge in [0, 0.05) is 18.1 Å². The number of rotatable bonds is 6. The third-order valence-electron chi connectivity index (χ3n) is 4.21. The lowest BCUT2D eigenvalue weighted by Crippen LogP contribution is -2.34. The molecular weight excluding hydrogens is 354 g/mol. The number of aryl methyl sites for hydroxylation is 1. The minimum Gasteiger partial charge on any atom is -0.486 e. The van der Waals surface area contributed by atoms with Crippen LogP contribution in [0.5, 0.6) is 17.2 Å². The summed E-state index contributed by atoms with van der Waals surface area (Å²) in [6.45, 7) is 6.03. The minimum atomic E-state index is -0.0741. The monoisotopic (exact) mass is 375 g/mol. The average molecular weight is 376 g/mol. The van der Waals surface area contributed by atoms with Gasteiger partial charge in [-0.05, 0) is 55.3 Å². The van der Waals surface area contributed by atoms with Crippen LogP contribution in [0.2, 0.25) is 5.02 Å². The Morgan fingerprint density at radius 1 is 1.15 bits per heavy atom. The number of ether oxygens (including phenoxy) is 3. The van der Waals surface area contributed by atoms with E-state index >= 15 is 0 Å². The van der Waals surface area contributed by atoms with Crippen molar-refractivity contribution in [2.24, 2.45) is 0 Å². The molecule has 0 bridgehead atoms. The Hall–Kier alpha value is -2.40. The van der Waals surface area contributed by atoms with Crippen molar-refractivity contribution < 1.29 is 19.0 Å². The molecule has 0 atom stereocenters. The maximum absolute atomic E-state index is 12.5. The maximum Gasteiger partial charge on any atom is 0.260 e. The number of carbonyl (C=O) groups excluding carboxylic acids is 1. The van der Waals surface area contributed by atoms with Gasteiger partial charge in [0.05, 0.1) is 0 Å². The van der Waals surface area contributed by atoms with Gasteiger partial charge in [-0.3, -0.25) is 4.79 Å². The van der Waals surface area contributed by atoms with Gasteiger partial charge in [0.1, 0.15) is 19.0 Å². The van der Waals surface area contributed by atoms with Crippen molar-refractivity contribution in [2.75, 3.05) is 26.4 Å². The molecule has 0 spiro atoms. The fourth-order valence-electron chi connectivity index (χ4n) is 2.73. The van der Waals surface area contributed by atoms with E-state index in [0.717, 1.165) is 22.6 Å². The van der Waals surface area contributed by atoms with Gasteiger partial charge in [-0.15, -0.1) is 0 Å². The van der Waals surface area contributed by atoms with Gasteiger partial charge < -0.3 is 19.1 Å². The van der Waals surface area contributed by atoms with Gasteiger partial charge >= 0.3 is 0 Å². The van der Waals surface area contributed by atoms with Crippen LogP contribution in [0, 0.1) is 6.92 Å². The quantitative estimate of drug-likeness (QED) is 0.769. The fraction of sp³-hybridized carbons (Fsp3) is 0.350. The lowest BCUT2D eigenvalue weighted by molar-refractivity contribution is -0.133. The molecule has 5 nitrogen and oxygen atoms in total. The van der Waals surface area contributed by atoms with Gasteiger partial charge in [0.15, 0.2) is 18.1 Å². The van der Waals surface area contributed by atoms with Crippen LogP contribution in [0.25, 0.3) is 0 Å². The first-order valence-corrected chi connectivity index (χ1v) is 9.00. The average Bonchev–Trinajstić information content (AvgIpc) is 2.66. The highest BCUT2D eigenvalue weighted by Gasteiger charge is 2.16. The Morgan fingerprint density at radius 3 is 2.65 bits per heavy atom. The van der Waals surface area contributed by atoms with Crippen LogP contribution >= 0.6 is 11.6 Å². The van der Waals surface area contributed by atoms with Crippen LogP contribution in [-0.2, 0) is 11.3 Å². The first-order valence-electron chi connectivity index (χ1n) is 8.62. The molecule has 6 heteroatoms. The molecule has 0 saturated heterocycles. The molecule has 26 heavy (non-hydrogen) atoms. The molecule has 0 aromatic heterocycles. The van der Waals surface area contributed by atoms with Gasteiger partial charge in [-0.2, -0.15) is 0 Å². The van der Waals surface area contributed by atoms with Gasteiger partial charge in [0.2, 0.25) is 0 Å². The van der Waals surface area contributed by atoms with E-state index in [2.05, 4.69) is 0 Å². The number of benzene rings is 2. The third-order valence-corrected chi connectivity index (χ3v) is 4.63. The standard InChI is InChI=1S/C20H22ClNO4/c1-3-22(12-15-4-7-18-19(11-15)25-9-8-24-18)20(23)13-26-16-5-6-17(21)14(2)10-16/h4-7,10-11H,3,8-9,12-13H2,1-2H3. The summed E-state index contributed by atoms with van der Waals surface area (Å²) in [4.78, 5) is 14.3. The lowest BCUT2D eigenvalue weighted by Gasteiger charge is -2.23. The van der Waals surface area contributed by atoms with Crippen molar-refractivity contribution in [3.8, 4) is 17.2 Å². The Labute approximate surface area is 158 Å². The smallest absolute Gasteiger partial charge is 0.260 e. The van der Waals surface area contributed by atoms with Gasteiger partial charge in [-0.1, -0.05) is 17.7 Å². The summed E-state index contributed by atoms with van der Waals surface area (Å²) in [6.07, 6.45) is 0. The SMILES string of the molecule is CCN(Cc1ccc2c(c1)OCCO2)C(=O)COc1ccc(Cl)c(C)c1. The zero-order valence-electron chi connectivity index (χ0n) is 15.0. The molecule has 2 aromatic rings. The third kappa shape index (κ3) is 4.41. The van der Waals surface area contributed by atoms with E-state index in [1.807, 2.05) is 38.1 Å². The molecule has 0 fully saturated rings. The second-order valence-corrected chi connectivity index (χ2v) is 6.49. The number of hydrogen-bond acceptors (Lipinski definition) is 4. The van der Waals surface area contributed by atoms with E-state index in [0.29, 0.717) is 37.1 Å². The summed E-state index contributed by atoms with van der Waals surface area (Å²) in [6, 6.07) is 11.1. The second kappa shape index (κ2) is 8.32. The van der Waals surface area contributed by atoms with Crippen molar-refractivity contribution >= 4 is 17.5 Å². The van der Waals surface area contributed by atoms with Crippen LogP contribution in [0.1, 0.15) is 18.1 Å². The Morgan fingerprint density at radius 2 is 1.92 bits per heavy atom. The van der Waals surface area contributed by atoms with Crippen LogP contribution in [0.4, 0.5) is 0 Å². The highest BCUT2D eigenvalue weighted by molar-refractivity contribution is 6.31. The summed E-state index contributed by atoms with van der Waals surface area (Å²) in [5.41, 5.74) is 1.91. The number of amides is 1. The normalized spacial score (nSPS) is 12.6. The number of carbonyl (C=O) groups is 1. The predicted octanol–water partition coefficient (Wildman–Crippen LogP) is 3.85. The molecule has 0 radical (unpaired) electrons. The molecule has 0 N–H and O–H groups in total. The molecule has 3 rings (SSSR count). The number of nitrogens with zero attached hydrogens (tertiary/aromatic N) is 1. The first-order chi connectivity index (χ1) is 12.6. The highest BCUT2D eigenvalue weighted by atomic mass is 35.5. The summed E-state index contributed by atoms with van der Waals surface area (Å²) in [5, 5.41) is 0.678. The molecule has 138 valence electrons. The fourth-order valence-corrected chi connectivity index (χ4v) is 2.84. The number of halogens is 1. The molecule has 1 amide bonds. The summed E-state index contributed by atoms with van der Waals surface area (Å²) in [7, 11) is 0. The predicted molar refractivity (Wildman–Crippen MR) is 100 cm³/mol. The first kappa shape index (κ1) is 18.4. The van der Waals surface area contributed by atoms with E-state index in [-0.39, 0.29) is 12.5 Å². The molecule has 1 aliphatic rings. The Balaban J connectivity index is 1.60. The molecule has 1 heterocycles. The molecule has 0 saturated carbocycles.